The summed E-state index contributed by atoms with van der Waals surface area (Å²) in [6.07, 6.45) is 10.3. The van der Waals surface area contributed by atoms with Crippen molar-refractivity contribution in [3.05, 3.63) is 208 Å². The van der Waals surface area contributed by atoms with E-state index >= 15 is 0 Å². The van der Waals surface area contributed by atoms with Gasteiger partial charge in [0.1, 0.15) is 0 Å². The number of benzene rings is 9. The van der Waals surface area contributed by atoms with Crippen molar-refractivity contribution in [2.45, 2.75) is 89.5 Å². The number of fused-ring (bicyclic) bond motifs is 2. The van der Waals surface area contributed by atoms with Gasteiger partial charge in [-0.25, -0.2) is 4.90 Å². The quantitative estimate of drug-likeness (QED) is 0.0318. The molecule has 0 saturated heterocycles. The van der Waals surface area contributed by atoms with Crippen molar-refractivity contribution in [1.82, 2.24) is 4.90 Å². The molecule has 0 saturated carbocycles. The molecule has 0 N–H and O–H groups in total. The minimum Gasteiger partial charge on any atom is -0.271 e. The van der Waals surface area contributed by atoms with Crippen LogP contribution in [-0.4, -0.2) is 34.6 Å². The molecule has 0 bridgehead atoms. The fourth-order valence-corrected chi connectivity index (χ4v) is 11.8. The van der Waals surface area contributed by atoms with Crippen LogP contribution in [0, 0.1) is 0 Å². The number of hydrogen-bond donors (Lipinski definition) is 0. The first kappa shape index (κ1) is 43.1. The number of nitrogens with zero attached hydrogens (tertiary/aromatic N) is 2. The number of unbranched alkanes of at least 4 members (excludes halogenated alkanes) is 6. The lowest BCUT2D eigenvalue weighted by Crippen LogP contribution is -2.47. The molecule has 6 heteroatoms. The highest BCUT2D eigenvalue weighted by Gasteiger charge is 2.41. The van der Waals surface area contributed by atoms with Crippen molar-refractivity contribution in [1.29, 1.82) is 0 Å². The summed E-state index contributed by atoms with van der Waals surface area (Å²) in [7, 11) is 0. The molecule has 0 fully saturated rings. The van der Waals surface area contributed by atoms with E-state index in [1.54, 1.807) is 4.90 Å². The molecule has 0 unspecified atom stereocenters. The lowest BCUT2D eigenvalue weighted by molar-refractivity contribution is 0.0516. The number of imide groups is 2. The van der Waals surface area contributed by atoms with E-state index in [-0.39, 0.29) is 29.7 Å². The summed E-state index contributed by atoms with van der Waals surface area (Å²) >= 11 is 0. The number of carbonyl (C=O) groups excluding carboxylic acids is 4. The third-order valence-corrected chi connectivity index (χ3v) is 15.0. The summed E-state index contributed by atoms with van der Waals surface area (Å²) in [6.45, 7) is 4.39. The molecule has 6 nitrogen and oxygen atoms in total. The first-order valence-electron chi connectivity index (χ1n) is 24.6. The summed E-state index contributed by atoms with van der Waals surface area (Å²) in [5.41, 5.74) is 6.13. The van der Waals surface area contributed by atoms with Crippen molar-refractivity contribution >= 4 is 72.4 Å². The van der Waals surface area contributed by atoms with Crippen LogP contribution in [0.25, 0.3) is 43.1 Å². The Bertz CT molecular complexity index is 3170. The highest BCUT2D eigenvalue weighted by molar-refractivity contribution is 6.43. The van der Waals surface area contributed by atoms with Crippen LogP contribution >= 0.6 is 0 Å². The van der Waals surface area contributed by atoms with Gasteiger partial charge in [-0.1, -0.05) is 193 Å². The van der Waals surface area contributed by atoms with E-state index in [0.29, 0.717) is 38.7 Å². The van der Waals surface area contributed by atoms with E-state index in [2.05, 4.69) is 86.6 Å². The molecule has 2 aliphatic heterocycles. The summed E-state index contributed by atoms with van der Waals surface area (Å²) < 4.78 is 0. The molecule has 9 aromatic carbocycles. The SMILES string of the molecule is CCCCCCC(CCCCCC)N1C(=O)c2ccc3c4ccc5c6c(ccc(c7ccc(c2c37)C1=O)c64)C(=O)N(c1ccc(C(c2ccccc2)(c2ccccc2)c2ccccc2)cc1)C5=O. The highest BCUT2D eigenvalue weighted by atomic mass is 16.2. The van der Waals surface area contributed by atoms with Gasteiger partial charge in [0, 0.05) is 39.1 Å². The average Bonchev–Trinajstić information content (AvgIpc) is 3.38. The highest BCUT2D eigenvalue weighted by Crippen LogP contribution is 2.49. The van der Waals surface area contributed by atoms with Crippen molar-refractivity contribution < 1.29 is 19.2 Å². The number of rotatable bonds is 16. The van der Waals surface area contributed by atoms with Crippen LogP contribution in [0.15, 0.2) is 164 Å². The van der Waals surface area contributed by atoms with Crippen LogP contribution in [0.5, 0.6) is 0 Å². The molecular weight excluding hydrogens is 837 g/mol. The Balaban J connectivity index is 0.989. The Morgan fingerprint density at radius 2 is 0.721 bits per heavy atom. The van der Waals surface area contributed by atoms with Crippen LogP contribution in [-0.2, 0) is 5.41 Å². The minimum absolute atomic E-state index is 0.143. The van der Waals surface area contributed by atoms with Crippen molar-refractivity contribution in [2.24, 2.45) is 0 Å². The monoisotopic (exact) mass is 890 g/mol. The predicted octanol–water partition coefficient (Wildman–Crippen LogP) is 14.8. The van der Waals surface area contributed by atoms with Gasteiger partial charge in [-0.15, -0.1) is 0 Å². The summed E-state index contributed by atoms with van der Waals surface area (Å²) in [5, 5.41) is 6.55. The van der Waals surface area contributed by atoms with Gasteiger partial charge in [-0.2, -0.15) is 0 Å². The van der Waals surface area contributed by atoms with Crippen molar-refractivity contribution in [3.63, 3.8) is 0 Å². The lowest BCUT2D eigenvalue weighted by Gasteiger charge is -2.37. The van der Waals surface area contributed by atoms with Gasteiger partial charge in [0.15, 0.2) is 0 Å². The number of anilines is 1. The van der Waals surface area contributed by atoms with E-state index in [0.717, 1.165) is 119 Å². The first-order valence-corrected chi connectivity index (χ1v) is 24.6. The lowest BCUT2D eigenvalue weighted by atomic mass is 9.65. The molecule has 0 atom stereocenters. The zero-order valence-corrected chi connectivity index (χ0v) is 38.8. The largest absolute Gasteiger partial charge is 0.271 e. The van der Waals surface area contributed by atoms with Crippen molar-refractivity contribution in [3.8, 4) is 0 Å². The maximum Gasteiger partial charge on any atom is 0.265 e. The Hall–Kier alpha value is -7.44. The van der Waals surface area contributed by atoms with Gasteiger partial charge in [-0.05, 0) is 104 Å². The van der Waals surface area contributed by atoms with Crippen LogP contribution in [0.4, 0.5) is 5.69 Å². The molecule has 9 aromatic rings. The second kappa shape index (κ2) is 17.7. The number of carbonyl (C=O) groups is 4. The molecule has 2 aliphatic rings. The first-order chi connectivity index (χ1) is 33.4. The fraction of sp³-hybridized carbons (Fsp3) is 0.226. The minimum atomic E-state index is -0.680. The molecule has 336 valence electrons. The van der Waals surface area contributed by atoms with Crippen LogP contribution in [0.2, 0.25) is 0 Å². The van der Waals surface area contributed by atoms with Gasteiger partial charge < -0.3 is 0 Å². The Labute approximate surface area is 397 Å². The zero-order valence-electron chi connectivity index (χ0n) is 38.8. The Morgan fingerprint density at radius 1 is 0.368 bits per heavy atom. The predicted molar refractivity (Wildman–Crippen MR) is 275 cm³/mol. The van der Waals surface area contributed by atoms with E-state index in [1.807, 2.05) is 91.0 Å². The van der Waals surface area contributed by atoms with Crippen LogP contribution in [0.3, 0.4) is 0 Å². The molecule has 0 aromatic heterocycles. The smallest absolute Gasteiger partial charge is 0.265 e. The second-order valence-corrected chi connectivity index (χ2v) is 18.8. The maximum absolute atomic E-state index is 14.8. The van der Waals surface area contributed by atoms with Crippen LogP contribution < -0.4 is 4.90 Å². The van der Waals surface area contributed by atoms with E-state index in [1.165, 1.54) is 4.90 Å². The van der Waals surface area contributed by atoms with E-state index < -0.39 is 5.41 Å². The second-order valence-electron chi connectivity index (χ2n) is 18.8. The standard InChI is InChI=1S/C62H54N2O4/c1-3-5-7-18-26-44(27-19-8-6-4-2)63-58(65)50-36-32-46-48-34-38-52-57-53(39-35-49(55(48)57)47-33-37-51(59(63)66)56(50)54(46)47)61(68)64(60(52)67)45-30-28-43(29-31-45)62(40-20-12-9-13-21-40,41-22-14-10-15-23-41)42-24-16-11-17-25-42/h9-17,20-25,28-39,44H,3-8,18-19,26-27H2,1-2H3. The number of amides is 4. The summed E-state index contributed by atoms with van der Waals surface area (Å²) in [6, 6.07) is 54.5. The van der Waals surface area contributed by atoms with Gasteiger partial charge in [0.2, 0.25) is 0 Å². The molecular formula is C62H54N2O4. The Morgan fingerprint density at radius 3 is 1.09 bits per heavy atom. The number of hydrogen-bond acceptors (Lipinski definition) is 4. The molecule has 68 heavy (non-hydrogen) atoms. The molecule has 4 amide bonds. The Kier molecular flexibility index (Phi) is 11.2. The van der Waals surface area contributed by atoms with Crippen molar-refractivity contribution in [2.75, 3.05) is 4.90 Å². The average molecular weight is 891 g/mol. The van der Waals surface area contributed by atoms with E-state index in [4.69, 9.17) is 0 Å². The van der Waals surface area contributed by atoms with Gasteiger partial charge in [0.05, 0.1) is 11.1 Å². The zero-order chi connectivity index (χ0) is 46.5. The molecule has 0 spiro atoms. The van der Waals surface area contributed by atoms with Gasteiger partial charge in [0.25, 0.3) is 23.6 Å². The molecule has 0 aliphatic carbocycles. The van der Waals surface area contributed by atoms with E-state index in [9.17, 15) is 19.2 Å². The summed E-state index contributed by atoms with van der Waals surface area (Å²) in [5.74, 6) is -1.20. The third-order valence-electron chi connectivity index (χ3n) is 15.0. The molecule has 0 radical (unpaired) electrons. The van der Waals surface area contributed by atoms with Gasteiger partial charge >= 0.3 is 0 Å². The fourth-order valence-electron chi connectivity index (χ4n) is 11.8. The normalized spacial score (nSPS) is 13.9. The molecule has 11 rings (SSSR count). The third kappa shape index (κ3) is 6.67. The van der Waals surface area contributed by atoms with Crippen LogP contribution in [0.1, 0.15) is 142 Å². The molecule has 2 heterocycles. The summed E-state index contributed by atoms with van der Waals surface area (Å²) in [4.78, 5) is 61.9. The topological polar surface area (TPSA) is 74.8 Å². The van der Waals surface area contributed by atoms with Gasteiger partial charge in [-0.3, -0.25) is 24.1 Å². The maximum atomic E-state index is 14.8.